The van der Waals surface area contributed by atoms with E-state index in [1.165, 1.54) is 0 Å². The Hall–Kier alpha value is -3.95. The highest BCUT2D eigenvalue weighted by atomic mass is 16.6. The van der Waals surface area contributed by atoms with Crippen LogP contribution in [0.1, 0.15) is 24.0 Å². The molecule has 156 valence electrons. The standard InChI is InChI=1S/C20H20N4O6/c1-2-30-16-9-14(24(28)29)8-13(18(16)25)10-22-23-20(27)17-15(11-21-19(17)26)12-6-4-3-5-7-12/h3-10,15,17,25H,2,11H2,1H3,(H,21,26)(H,23,27)/p-1/t15-,17-/m1/s1. The van der Waals surface area contributed by atoms with Gasteiger partial charge < -0.3 is 15.2 Å². The SMILES string of the molecule is CCOc1cc([N+](=O)[O-])cc(C=NNC(=O)[C@H]2C(=O)NC[C@@H]2c2ccccc2)c1[O-]. The minimum absolute atomic E-state index is 0.122. The van der Waals surface area contributed by atoms with E-state index in [0.717, 1.165) is 23.9 Å². The predicted molar refractivity (Wildman–Crippen MR) is 105 cm³/mol. The van der Waals surface area contributed by atoms with Gasteiger partial charge in [0.2, 0.25) is 5.91 Å². The molecule has 2 aromatic carbocycles. The van der Waals surface area contributed by atoms with E-state index in [1.54, 1.807) is 6.92 Å². The van der Waals surface area contributed by atoms with Crippen LogP contribution in [0.5, 0.6) is 11.5 Å². The molecule has 2 atom stereocenters. The number of nitro groups is 1. The van der Waals surface area contributed by atoms with Crippen molar-refractivity contribution in [1.29, 1.82) is 0 Å². The van der Waals surface area contributed by atoms with E-state index in [4.69, 9.17) is 4.74 Å². The molecular weight excluding hydrogens is 392 g/mol. The Labute approximate surface area is 171 Å². The highest BCUT2D eigenvalue weighted by Gasteiger charge is 2.40. The van der Waals surface area contributed by atoms with Gasteiger partial charge in [0.05, 0.1) is 23.8 Å². The van der Waals surface area contributed by atoms with Crippen LogP contribution in [0, 0.1) is 16.0 Å². The molecule has 0 radical (unpaired) electrons. The number of hydrogen-bond acceptors (Lipinski definition) is 7. The van der Waals surface area contributed by atoms with Gasteiger partial charge in [-0.15, -0.1) is 0 Å². The molecule has 10 heteroatoms. The summed E-state index contributed by atoms with van der Waals surface area (Å²) < 4.78 is 5.14. The molecule has 0 aromatic heterocycles. The second-order valence-electron chi connectivity index (χ2n) is 6.53. The van der Waals surface area contributed by atoms with Crippen LogP contribution in [-0.2, 0) is 9.59 Å². The van der Waals surface area contributed by atoms with Crippen molar-refractivity contribution in [3.8, 4) is 11.5 Å². The topological polar surface area (TPSA) is 146 Å². The van der Waals surface area contributed by atoms with E-state index in [1.807, 2.05) is 30.3 Å². The van der Waals surface area contributed by atoms with Crippen molar-refractivity contribution in [1.82, 2.24) is 10.7 Å². The van der Waals surface area contributed by atoms with Crippen LogP contribution in [0.15, 0.2) is 47.6 Å². The minimum atomic E-state index is -0.986. The van der Waals surface area contributed by atoms with E-state index in [-0.39, 0.29) is 29.5 Å². The number of benzene rings is 2. The van der Waals surface area contributed by atoms with Crippen molar-refractivity contribution in [2.75, 3.05) is 13.2 Å². The second kappa shape index (κ2) is 9.03. The monoisotopic (exact) mass is 411 g/mol. The molecular formula is C20H19N4O6-. The largest absolute Gasteiger partial charge is 0.870 e. The molecule has 0 spiro atoms. The molecule has 0 saturated carbocycles. The number of ether oxygens (including phenoxy) is 1. The molecule has 0 bridgehead atoms. The molecule has 30 heavy (non-hydrogen) atoms. The Morgan fingerprint density at radius 3 is 2.77 bits per heavy atom. The van der Waals surface area contributed by atoms with Crippen LogP contribution in [0.3, 0.4) is 0 Å². The number of carbonyl (C=O) groups excluding carboxylic acids is 2. The molecule has 2 amide bonds. The zero-order valence-electron chi connectivity index (χ0n) is 16.0. The van der Waals surface area contributed by atoms with E-state index >= 15 is 0 Å². The zero-order valence-corrected chi connectivity index (χ0v) is 16.0. The van der Waals surface area contributed by atoms with Crippen molar-refractivity contribution < 1.29 is 24.4 Å². The summed E-state index contributed by atoms with van der Waals surface area (Å²) in [6.07, 6.45) is 1.00. The summed E-state index contributed by atoms with van der Waals surface area (Å²) in [6.45, 7) is 2.11. The van der Waals surface area contributed by atoms with Crippen LogP contribution in [0.4, 0.5) is 5.69 Å². The molecule has 1 fully saturated rings. The van der Waals surface area contributed by atoms with Gasteiger partial charge in [-0.05, 0) is 18.1 Å². The zero-order chi connectivity index (χ0) is 21.7. The van der Waals surface area contributed by atoms with Crippen molar-refractivity contribution in [3.63, 3.8) is 0 Å². The highest BCUT2D eigenvalue weighted by molar-refractivity contribution is 6.03. The molecule has 3 rings (SSSR count). The van der Waals surface area contributed by atoms with Crippen LogP contribution in [0.2, 0.25) is 0 Å². The number of nitro benzene ring substituents is 1. The number of rotatable bonds is 7. The van der Waals surface area contributed by atoms with Crippen LogP contribution in [-0.4, -0.2) is 36.1 Å². The average molecular weight is 411 g/mol. The fourth-order valence-electron chi connectivity index (χ4n) is 3.24. The first kappa shape index (κ1) is 20.8. The molecule has 2 N–H and O–H groups in total. The van der Waals surface area contributed by atoms with Gasteiger partial charge in [0, 0.05) is 18.5 Å². The maximum Gasteiger partial charge on any atom is 0.273 e. The lowest BCUT2D eigenvalue weighted by Crippen LogP contribution is -2.34. The van der Waals surface area contributed by atoms with Crippen LogP contribution in [0.25, 0.3) is 0 Å². The molecule has 1 aliphatic rings. The van der Waals surface area contributed by atoms with E-state index < -0.39 is 28.4 Å². The Morgan fingerprint density at radius 1 is 1.37 bits per heavy atom. The molecule has 1 saturated heterocycles. The van der Waals surface area contributed by atoms with Gasteiger partial charge in [0.1, 0.15) is 11.7 Å². The number of nitrogens with one attached hydrogen (secondary N) is 2. The van der Waals surface area contributed by atoms with Crippen molar-refractivity contribution in [2.45, 2.75) is 12.8 Å². The highest BCUT2D eigenvalue weighted by Crippen LogP contribution is 2.32. The lowest BCUT2D eigenvalue weighted by molar-refractivity contribution is -0.385. The third-order valence-corrected chi connectivity index (χ3v) is 4.65. The van der Waals surface area contributed by atoms with Crippen molar-refractivity contribution in [2.24, 2.45) is 11.0 Å². The number of non-ortho nitro benzene ring substituents is 1. The first-order valence-electron chi connectivity index (χ1n) is 9.20. The molecule has 1 heterocycles. The fourth-order valence-corrected chi connectivity index (χ4v) is 3.24. The summed E-state index contributed by atoms with van der Waals surface area (Å²) in [5, 5.41) is 29.8. The van der Waals surface area contributed by atoms with Crippen LogP contribution < -0.4 is 20.6 Å². The van der Waals surface area contributed by atoms with Gasteiger partial charge in [-0.25, -0.2) is 5.43 Å². The summed E-state index contributed by atoms with van der Waals surface area (Å²) in [5.41, 5.74) is 2.62. The van der Waals surface area contributed by atoms with Gasteiger partial charge in [0.15, 0.2) is 0 Å². The molecule has 0 unspecified atom stereocenters. The summed E-state index contributed by atoms with van der Waals surface area (Å²) in [4.78, 5) is 35.1. The predicted octanol–water partition coefficient (Wildman–Crippen LogP) is 1.05. The normalized spacial score (nSPS) is 18.2. The Morgan fingerprint density at radius 2 is 2.10 bits per heavy atom. The smallest absolute Gasteiger partial charge is 0.273 e. The molecule has 2 aromatic rings. The Bertz CT molecular complexity index is 992. The Balaban J connectivity index is 1.78. The number of hydrazone groups is 1. The molecule has 0 aliphatic carbocycles. The average Bonchev–Trinajstić information content (AvgIpc) is 3.12. The molecule has 1 aliphatic heterocycles. The number of carbonyl (C=O) groups is 2. The maximum atomic E-state index is 12.6. The van der Waals surface area contributed by atoms with Gasteiger partial charge in [-0.3, -0.25) is 19.7 Å². The first-order valence-corrected chi connectivity index (χ1v) is 9.20. The van der Waals surface area contributed by atoms with Crippen molar-refractivity contribution in [3.05, 3.63) is 63.7 Å². The quantitative estimate of drug-likeness (QED) is 0.301. The van der Waals surface area contributed by atoms with Crippen LogP contribution >= 0.6 is 0 Å². The third-order valence-electron chi connectivity index (χ3n) is 4.65. The van der Waals surface area contributed by atoms with Gasteiger partial charge in [0.25, 0.3) is 11.6 Å². The van der Waals surface area contributed by atoms with E-state index in [0.29, 0.717) is 6.54 Å². The van der Waals surface area contributed by atoms with Gasteiger partial charge >= 0.3 is 0 Å². The first-order chi connectivity index (χ1) is 14.4. The van der Waals surface area contributed by atoms with Gasteiger partial charge in [-0.1, -0.05) is 36.1 Å². The number of amides is 2. The minimum Gasteiger partial charge on any atom is -0.870 e. The molecule has 10 nitrogen and oxygen atoms in total. The van der Waals surface area contributed by atoms with Crippen molar-refractivity contribution >= 4 is 23.7 Å². The number of hydrogen-bond donors (Lipinski definition) is 2. The lowest BCUT2D eigenvalue weighted by atomic mass is 9.88. The third kappa shape index (κ3) is 4.37. The fraction of sp³-hybridized carbons (Fsp3) is 0.250. The summed E-state index contributed by atoms with van der Waals surface area (Å²) in [7, 11) is 0. The Kier molecular flexibility index (Phi) is 6.26. The van der Waals surface area contributed by atoms with E-state index in [9.17, 15) is 24.8 Å². The second-order valence-corrected chi connectivity index (χ2v) is 6.53. The van der Waals surface area contributed by atoms with Gasteiger partial charge in [-0.2, -0.15) is 5.10 Å². The maximum absolute atomic E-state index is 12.6. The summed E-state index contributed by atoms with van der Waals surface area (Å²) >= 11 is 0. The summed E-state index contributed by atoms with van der Waals surface area (Å²) in [6, 6.07) is 11.2. The van der Waals surface area contributed by atoms with E-state index in [2.05, 4.69) is 15.8 Å². The summed E-state index contributed by atoms with van der Waals surface area (Å²) in [5.74, 6) is -3.18. The lowest BCUT2D eigenvalue weighted by Gasteiger charge is -2.17. The number of nitrogens with zero attached hydrogens (tertiary/aromatic N) is 2.